The van der Waals surface area contributed by atoms with Gasteiger partial charge >= 0.3 is 0 Å². The SMILES string of the molecule is Cn1cnc(CNC2C3CC4CC(C3)CC2C4)n1. The van der Waals surface area contributed by atoms with E-state index >= 15 is 0 Å². The van der Waals surface area contributed by atoms with Gasteiger partial charge in [0.15, 0.2) is 5.82 Å². The highest BCUT2D eigenvalue weighted by Gasteiger charge is 2.47. The number of nitrogens with zero attached hydrogens (tertiary/aromatic N) is 3. The zero-order valence-corrected chi connectivity index (χ0v) is 11.0. The van der Waals surface area contributed by atoms with Crippen LogP contribution in [0.5, 0.6) is 0 Å². The summed E-state index contributed by atoms with van der Waals surface area (Å²) in [5, 5.41) is 8.11. The van der Waals surface area contributed by atoms with Crippen LogP contribution >= 0.6 is 0 Å². The van der Waals surface area contributed by atoms with Gasteiger partial charge in [0, 0.05) is 13.1 Å². The predicted molar refractivity (Wildman–Crippen MR) is 68.7 cm³/mol. The highest BCUT2D eigenvalue weighted by molar-refractivity contribution is 5.01. The monoisotopic (exact) mass is 246 g/mol. The normalized spacial score (nSPS) is 41.5. The molecule has 0 aromatic carbocycles. The van der Waals surface area contributed by atoms with E-state index in [2.05, 4.69) is 15.4 Å². The fraction of sp³-hybridized carbons (Fsp3) is 0.857. The topological polar surface area (TPSA) is 42.7 Å². The van der Waals surface area contributed by atoms with Gasteiger partial charge in [0.1, 0.15) is 6.33 Å². The van der Waals surface area contributed by atoms with Crippen molar-refractivity contribution >= 4 is 0 Å². The zero-order valence-electron chi connectivity index (χ0n) is 11.0. The van der Waals surface area contributed by atoms with Gasteiger partial charge < -0.3 is 5.32 Å². The molecule has 18 heavy (non-hydrogen) atoms. The Labute approximate surface area is 108 Å². The summed E-state index contributed by atoms with van der Waals surface area (Å²) in [5.41, 5.74) is 0. The van der Waals surface area contributed by atoms with E-state index in [1.807, 2.05) is 7.05 Å². The summed E-state index contributed by atoms with van der Waals surface area (Å²) in [6.07, 6.45) is 9.21. The van der Waals surface area contributed by atoms with Crippen molar-refractivity contribution in [3.8, 4) is 0 Å². The van der Waals surface area contributed by atoms with E-state index < -0.39 is 0 Å². The third-order valence-electron chi connectivity index (χ3n) is 5.37. The molecule has 0 aliphatic heterocycles. The van der Waals surface area contributed by atoms with E-state index in [1.54, 1.807) is 11.0 Å². The van der Waals surface area contributed by atoms with Crippen molar-refractivity contribution in [2.24, 2.45) is 30.7 Å². The second-order valence-corrected chi connectivity index (χ2v) is 6.67. The van der Waals surface area contributed by atoms with Crippen LogP contribution in [0, 0.1) is 23.7 Å². The van der Waals surface area contributed by atoms with Crippen LogP contribution in [0.25, 0.3) is 0 Å². The highest BCUT2D eigenvalue weighted by Crippen LogP contribution is 2.53. The Hall–Kier alpha value is -0.900. The molecule has 4 aliphatic rings. The van der Waals surface area contributed by atoms with Gasteiger partial charge in [-0.2, -0.15) is 5.10 Å². The van der Waals surface area contributed by atoms with Crippen molar-refractivity contribution in [2.75, 3.05) is 0 Å². The van der Waals surface area contributed by atoms with Gasteiger partial charge in [-0.05, 0) is 55.8 Å². The van der Waals surface area contributed by atoms with E-state index in [4.69, 9.17) is 0 Å². The first-order chi connectivity index (χ1) is 8.78. The number of rotatable bonds is 3. The maximum Gasteiger partial charge on any atom is 0.164 e. The molecule has 0 unspecified atom stereocenters. The smallest absolute Gasteiger partial charge is 0.164 e. The first kappa shape index (κ1) is 11.0. The fourth-order valence-electron chi connectivity index (χ4n) is 4.93. The molecule has 4 bridgehead atoms. The molecule has 0 radical (unpaired) electrons. The molecule has 4 saturated carbocycles. The van der Waals surface area contributed by atoms with Gasteiger partial charge in [0.2, 0.25) is 0 Å². The quantitative estimate of drug-likeness (QED) is 0.883. The molecule has 4 heteroatoms. The highest BCUT2D eigenvalue weighted by atomic mass is 15.3. The first-order valence-corrected chi connectivity index (χ1v) is 7.36. The Kier molecular flexibility index (Phi) is 2.47. The van der Waals surface area contributed by atoms with Gasteiger partial charge in [-0.15, -0.1) is 0 Å². The Morgan fingerprint density at radius 3 is 2.39 bits per heavy atom. The summed E-state index contributed by atoms with van der Waals surface area (Å²) < 4.78 is 1.79. The van der Waals surface area contributed by atoms with Gasteiger partial charge in [0.05, 0.1) is 6.54 Å². The zero-order chi connectivity index (χ0) is 12.1. The molecule has 5 rings (SSSR count). The third-order valence-corrected chi connectivity index (χ3v) is 5.37. The van der Waals surface area contributed by atoms with Crippen molar-refractivity contribution < 1.29 is 0 Å². The number of aromatic nitrogens is 3. The van der Waals surface area contributed by atoms with Crippen LogP contribution in [0.15, 0.2) is 6.33 Å². The maximum absolute atomic E-state index is 4.36. The minimum absolute atomic E-state index is 0.738. The van der Waals surface area contributed by atoms with Crippen LogP contribution in [-0.2, 0) is 13.6 Å². The van der Waals surface area contributed by atoms with Gasteiger partial charge in [-0.1, -0.05) is 0 Å². The molecule has 0 spiro atoms. The predicted octanol–water partition coefficient (Wildman–Crippen LogP) is 1.73. The van der Waals surface area contributed by atoms with Crippen LogP contribution in [0.2, 0.25) is 0 Å². The molecule has 1 N–H and O–H groups in total. The van der Waals surface area contributed by atoms with E-state index in [0.29, 0.717) is 0 Å². The number of hydrogen-bond donors (Lipinski definition) is 1. The molecule has 1 heterocycles. The van der Waals surface area contributed by atoms with Crippen molar-refractivity contribution in [3.05, 3.63) is 12.2 Å². The minimum atomic E-state index is 0.738. The van der Waals surface area contributed by atoms with Crippen molar-refractivity contribution in [3.63, 3.8) is 0 Å². The van der Waals surface area contributed by atoms with Crippen LogP contribution in [0.4, 0.5) is 0 Å². The summed E-state index contributed by atoms with van der Waals surface area (Å²) >= 11 is 0. The number of nitrogens with one attached hydrogen (secondary N) is 1. The second kappa shape index (κ2) is 4.05. The molecule has 4 fully saturated rings. The van der Waals surface area contributed by atoms with E-state index in [1.165, 1.54) is 32.1 Å². The van der Waals surface area contributed by atoms with Gasteiger partial charge in [0.25, 0.3) is 0 Å². The summed E-state index contributed by atoms with van der Waals surface area (Å²) in [7, 11) is 1.93. The summed E-state index contributed by atoms with van der Waals surface area (Å²) in [4.78, 5) is 4.31. The van der Waals surface area contributed by atoms with Gasteiger partial charge in [-0.3, -0.25) is 4.68 Å². The largest absolute Gasteiger partial charge is 0.306 e. The molecule has 0 atom stereocenters. The molecule has 4 aliphatic carbocycles. The van der Waals surface area contributed by atoms with Crippen molar-refractivity contribution in [1.82, 2.24) is 20.1 Å². The molecular weight excluding hydrogens is 224 g/mol. The molecule has 1 aromatic rings. The van der Waals surface area contributed by atoms with Gasteiger partial charge in [-0.25, -0.2) is 4.98 Å². The van der Waals surface area contributed by atoms with Crippen LogP contribution < -0.4 is 5.32 Å². The molecule has 98 valence electrons. The molecule has 0 saturated heterocycles. The second-order valence-electron chi connectivity index (χ2n) is 6.67. The minimum Gasteiger partial charge on any atom is -0.306 e. The van der Waals surface area contributed by atoms with E-state index in [0.717, 1.165) is 42.1 Å². The lowest BCUT2D eigenvalue weighted by Gasteiger charge is -2.54. The number of hydrogen-bond acceptors (Lipinski definition) is 3. The lowest BCUT2D eigenvalue weighted by atomic mass is 9.54. The van der Waals surface area contributed by atoms with Crippen LogP contribution in [0.1, 0.15) is 37.9 Å². The summed E-state index contributed by atoms with van der Waals surface area (Å²) in [6, 6.07) is 0.738. The summed E-state index contributed by atoms with van der Waals surface area (Å²) in [6.45, 7) is 0.841. The maximum atomic E-state index is 4.36. The Bertz CT molecular complexity index is 411. The summed E-state index contributed by atoms with van der Waals surface area (Å²) in [5.74, 6) is 4.92. The van der Waals surface area contributed by atoms with Crippen molar-refractivity contribution in [1.29, 1.82) is 0 Å². The molecule has 1 aromatic heterocycles. The fourth-order valence-corrected chi connectivity index (χ4v) is 4.93. The Morgan fingerprint density at radius 2 is 1.83 bits per heavy atom. The Balaban J connectivity index is 1.43. The molecular formula is C14H22N4. The van der Waals surface area contributed by atoms with E-state index in [9.17, 15) is 0 Å². The van der Waals surface area contributed by atoms with Crippen LogP contribution in [0.3, 0.4) is 0 Å². The standard InChI is InChI=1S/C14H22N4/c1-18-8-16-13(17-18)7-15-14-11-3-9-2-10(5-11)6-12(14)4-9/h8-12,14-15H,2-7H2,1H3. The van der Waals surface area contributed by atoms with Crippen LogP contribution in [-0.4, -0.2) is 20.8 Å². The lowest BCUT2D eigenvalue weighted by Crippen LogP contribution is -2.54. The first-order valence-electron chi connectivity index (χ1n) is 7.36. The number of aryl methyl sites for hydroxylation is 1. The third kappa shape index (κ3) is 1.78. The average molecular weight is 246 g/mol. The van der Waals surface area contributed by atoms with E-state index in [-0.39, 0.29) is 0 Å². The molecule has 4 nitrogen and oxygen atoms in total. The Morgan fingerprint density at radius 1 is 1.17 bits per heavy atom. The molecule has 0 amide bonds. The average Bonchev–Trinajstić information content (AvgIpc) is 2.73. The lowest BCUT2D eigenvalue weighted by molar-refractivity contribution is -0.0144. The van der Waals surface area contributed by atoms with Crippen molar-refractivity contribution in [2.45, 2.75) is 44.7 Å².